The summed E-state index contributed by atoms with van der Waals surface area (Å²) in [6, 6.07) is 5.84. The van der Waals surface area contributed by atoms with Crippen molar-refractivity contribution in [3.8, 4) is 5.75 Å². The van der Waals surface area contributed by atoms with E-state index in [1.165, 1.54) is 24.2 Å². The Balaban J connectivity index is 1.65. The van der Waals surface area contributed by atoms with Crippen molar-refractivity contribution < 1.29 is 9.53 Å². The van der Waals surface area contributed by atoms with Crippen molar-refractivity contribution in [2.45, 2.75) is 52.5 Å². The summed E-state index contributed by atoms with van der Waals surface area (Å²) in [5.74, 6) is 2.12. The van der Waals surface area contributed by atoms with Crippen molar-refractivity contribution in [2.24, 2.45) is 0 Å². The van der Waals surface area contributed by atoms with Gasteiger partial charge < -0.3 is 10.1 Å². The fourth-order valence-electron chi connectivity index (χ4n) is 3.63. The van der Waals surface area contributed by atoms with Crippen LogP contribution in [0.3, 0.4) is 0 Å². The summed E-state index contributed by atoms with van der Waals surface area (Å²) in [5.41, 5.74) is 4.03. The van der Waals surface area contributed by atoms with Crippen LogP contribution >= 0.6 is 11.3 Å². The topological polar surface area (TPSA) is 64.1 Å². The van der Waals surface area contributed by atoms with Crippen molar-refractivity contribution >= 4 is 27.5 Å². The molecule has 1 aromatic carbocycles. The predicted octanol–water partition coefficient (Wildman–Crippen LogP) is 4.99. The first-order chi connectivity index (χ1) is 13.4. The van der Waals surface area contributed by atoms with Crippen LogP contribution in [0.2, 0.25) is 0 Å². The second-order valence-electron chi connectivity index (χ2n) is 7.62. The molecule has 1 aliphatic rings. The molecule has 0 spiro atoms. The second-order valence-corrected chi connectivity index (χ2v) is 8.62. The fourth-order valence-corrected chi connectivity index (χ4v) is 4.77. The molecule has 1 N–H and O–H groups in total. The summed E-state index contributed by atoms with van der Waals surface area (Å²) in [7, 11) is 1.65. The molecule has 0 radical (unpaired) electrons. The summed E-state index contributed by atoms with van der Waals surface area (Å²) in [5, 5.41) is 4.14. The third kappa shape index (κ3) is 3.37. The maximum absolute atomic E-state index is 13.1. The molecular formula is C22H25N3O2S. The Hall–Kier alpha value is -2.47. The molecule has 3 aromatic rings. The van der Waals surface area contributed by atoms with Gasteiger partial charge in [0.05, 0.1) is 23.7 Å². The van der Waals surface area contributed by atoms with Crippen molar-refractivity contribution in [3.63, 3.8) is 0 Å². The average molecular weight is 396 g/mol. The van der Waals surface area contributed by atoms with Gasteiger partial charge in [0.2, 0.25) is 0 Å². The molecule has 146 valence electrons. The number of aryl methyl sites for hydroxylation is 3. The molecular weight excluding hydrogens is 370 g/mol. The molecule has 0 aliphatic heterocycles. The summed E-state index contributed by atoms with van der Waals surface area (Å²) >= 11 is 1.46. The van der Waals surface area contributed by atoms with Gasteiger partial charge in [-0.15, -0.1) is 11.3 Å². The first kappa shape index (κ1) is 18.9. The average Bonchev–Trinajstić information content (AvgIpc) is 3.45. The lowest BCUT2D eigenvalue weighted by molar-refractivity contribution is 0.0943. The molecule has 6 heteroatoms. The molecule has 0 bridgehead atoms. The van der Waals surface area contributed by atoms with Gasteiger partial charge in [-0.2, -0.15) is 0 Å². The molecule has 28 heavy (non-hydrogen) atoms. The number of benzene rings is 1. The smallest absolute Gasteiger partial charge is 0.262 e. The molecule has 2 heterocycles. The fraction of sp³-hybridized carbons (Fsp3) is 0.409. The summed E-state index contributed by atoms with van der Waals surface area (Å²) in [6.45, 7) is 8.01. The van der Waals surface area contributed by atoms with Crippen molar-refractivity contribution in [3.05, 3.63) is 51.3 Å². The normalized spacial score (nSPS) is 14.9. The largest absolute Gasteiger partial charge is 0.496 e. The highest BCUT2D eigenvalue weighted by Gasteiger charge is 2.29. The first-order valence-corrected chi connectivity index (χ1v) is 10.4. The highest BCUT2D eigenvalue weighted by atomic mass is 32.1. The molecule has 1 amide bonds. The van der Waals surface area contributed by atoms with Crippen LogP contribution in [0, 0.1) is 20.8 Å². The van der Waals surface area contributed by atoms with E-state index in [-0.39, 0.29) is 11.9 Å². The molecule has 1 aliphatic carbocycles. The van der Waals surface area contributed by atoms with Gasteiger partial charge in [-0.3, -0.25) is 4.79 Å². The van der Waals surface area contributed by atoms with E-state index in [2.05, 4.69) is 16.4 Å². The lowest BCUT2D eigenvalue weighted by Gasteiger charge is -2.18. The number of thiophene rings is 1. The Labute approximate surface area is 169 Å². The number of carbonyl (C=O) groups excluding carboxylic acids is 1. The van der Waals surface area contributed by atoms with E-state index in [1.807, 2.05) is 39.8 Å². The zero-order valence-electron chi connectivity index (χ0n) is 16.9. The number of hydrogen-bond donors (Lipinski definition) is 1. The first-order valence-electron chi connectivity index (χ1n) is 9.62. The lowest BCUT2D eigenvalue weighted by atomic mass is 10.0. The Bertz CT molecular complexity index is 1070. The minimum atomic E-state index is -0.166. The van der Waals surface area contributed by atoms with E-state index < -0.39 is 0 Å². The van der Waals surface area contributed by atoms with Gasteiger partial charge in [-0.25, -0.2) is 9.97 Å². The Morgan fingerprint density at radius 1 is 1.25 bits per heavy atom. The standard InChI is InChI=1S/C22H25N3O2S/c1-11-6-9-17(27-5)16(10-11)13(3)24-21(26)19-12(2)18-14(4)23-20(15-7-8-15)25-22(18)28-19/h6,9-10,13,15H,7-8H2,1-5H3,(H,24,26). The third-order valence-electron chi connectivity index (χ3n) is 5.34. The van der Waals surface area contributed by atoms with Gasteiger partial charge in [0.25, 0.3) is 5.91 Å². The summed E-state index contributed by atoms with van der Waals surface area (Å²) < 4.78 is 5.47. The van der Waals surface area contributed by atoms with Gasteiger partial charge in [-0.05, 0) is 52.2 Å². The Morgan fingerprint density at radius 3 is 2.68 bits per heavy atom. The van der Waals surface area contributed by atoms with E-state index in [1.54, 1.807) is 7.11 Å². The number of hydrogen-bond acceptors (Lipinski definition) is 5. The van der Waals surface area contributed by atoms with E-state index in [4.69, 9.17) is 9.72 Å². The van der Waals surface area contributed by atoms with Gasteiger partial charge in [0.1, 0.15) is 16.4 Å². The van der Waals surface area contributed by atoms with Crippen LogP contribution in [0.5, 0.6) is 5.75 Å². The number of aromatic nitrogens is 2. The summed E-state index contributed by atoms with van der Waals surface area (Å²) in [4.78, 5) is 24.1. The Kier molecular flexibility index (Phi) is 4.83. The van der Waals surface area contributed by atoms with Crippen LogP contribution in [0.1, 0.15) is 69.6 Å². The van der Waals surface area contributed by atoms with Crippen molar-refractivity contribution in [1.82, 2.24) is 15.3 Å². The van der Waals surface area contributed by atoms with E-state index >= 15 is 0 Å². The molecule has 1 saturated carbocycles. The van der Waals surface area contributed by atoms with Gasteiger partial charge in [0, 0.05) is 16.9 Å². The van der Waals surface area contributed by atoms with Crippen LogP contribution in [0.4, 0.5) is 0 Å². The molecule has 1 unspecified atom stereocenters. The summed E-state index contributed by atoms with van der Waals surface area (Å²) in [6.07, 6.45) is 2.33. The van der Waals surface area contributed by atoms with E-state index in [0.29, 0.717) is 10.8 Å². The van der Waals surface area contributed by atoms with Crippen LogP contribution in [0.15, 0.2) is 18.2 Å². The molecule has 4 rings (SSSR count). The molecule has 1 atom stereocenters. The van der Waals surface area contributed by atoms with Gasteiger partial charge in [0.15, 0.2) is 0 Å². The Morgan fingerprint density at radius 2 is 2.00 bits per heavy atom. The van der Waals surface area contributed by atoms with E-state index in [9.17, 15) is 4.79 Å². The van der Waals surface area contributed by atoms with Crippen LogP contribution in [0.25, 0.3) is 10.2 Å². The number of amides is 1. The number of nitrogens with one attached hydrogen (secondary N) is 1. The van der Waals surface area contributed by atoms with Crippen LogP contribution in [-0.2, 0) is 0 Å². The molecule has 1 fully saturated rings. The zero-order chi connectivity index (χ0) is 20.0. The highest BCUT2D eigenvalue weighted by molar-refractivity contribution is 7.20. The highest BCUT2D eigenvalue weighted by Crippen LogP contribution is 2.40. The molecule has 0 saturated heterocycles. The van der Waals surface area contributed by atoms with Gasteiger partial charge >= 0.3 is 0 Å². The lowest BCUT2D eigenvalue weighted by Crippen LogP contribution is -2.26. The number of carbonyl (C=O) groups is 1. The maximum atomic E-state index is 13.1. The molecule has 2 aromatic heterocycles. The predicted molar refractivity (Wildman–Crippen MR) is 112 cm³/mol. The zero-order valence-corrected chi connectivity index (χ0v) is 17.7. The second kappa shape index (κ2) is 7.17. The van der Waals surface area contributed by atoms with Gasteiger partial charge in [-0.1, -0.05) is 17.7 Å². The van der Waals surface area contributed by atoms with Crippen LogP contribution < -0.4 is 10.1 Å². The third-order valence-corrected chi connectivity index (χ3v) is 6.52. The maximum Gasteiger partial charge on any atom is 0.262 e. The quantitative estimate of drug-likeness (QED) is 0.661. The monoisotopic (exact) mass is 395 g/mol. The van der Waals surface area contributed by atoms with Crippen molar-refractivity contribution in [1.29, 1.82) is 0 Å². The van der Waals surface area contributed by atoms with Crippen LogP contribution in [-0.4, -0.2) is 23.0 Å². The van der Waals surface area contributed by atoms with Crippen molar-refractivity contribution in [2.75, 3.05) is 7.11 Å². The number of nitrogens with zero attached hydrogens (tertiary/aromatic N) is 2. The number of fused-ring (bicyclic) bond motifs is 1. The minimum Gasteiger partial charge on any atom is -0.496 e. The number of ether oxygens (including phenoxy) is 1. The number of rotatable bonds is 5. The SMILES string of the molecule is COc1ccc(C)cc1C(C)NC(=O)c1sc2nc(C3CC3)nc(C)c2c1C. The minimum absolute atomic E-state index is 0.0797. The van der Waals surface area contributed by atoms with E-state index in [0.717, 1.165) is 44.2 Å². The molecule has 5 nitrogen and oxygen atoms in total. The number of methoxy groups -OCH3 is 1.